The van der Waals surface area contributed by atoms with Gasteiger partial charge >= 0.3 is 0 Å². The predicted molar refractivity (Wildman–Crippen MR) is 131 cm³/mol. The van der Waals surface area contributed by atoms with Crippen molar-refractivity contribution in [3.05, 3.63) is 66.1 Å². The second-order valence-corrected chi connectivity index (χ2v) is 12.1. The smallest absolute Gasteiger partial charge is 0.266 e. The lowest BCUT2D eigenvalue weighted by Gasteiger charge is -2.21. The third-order valence-corrected chi connectivity index (χ3v) is 7.36. The van der Waals surface area contributed by atoms with Crippen LogP contribution in [-0.4, -0.2) is 57.6 Å². The summed E-state index contributed by atoms with van der Waals surface area (Å²) in [7, 11) is -7.84. The summed E-state index contributed by atoms with van der Waals surface area (Å²) in [5.41, 5.74) is 1.38. The van der Waals surface area contributed by atoms with Crippen molar-refractivity contribution in [1.29, 1.82) is 0 Å². The van der Waals surface area contributed by atoms with Gasteiger partial charge in [-0.05, 0) is 24.1 Å². The van der Waals surface area contributed by atoms with Gasteiger partial charge in [0.25, 0.3) is 5.89 Å². The van der Waals surface area contributed by atoms with Gasteiger partial charge in [0.15, 0.2) is 15.4 Å². The van der Waals surface area contributed by atoms with E-state index in [0.717, 1.165) is 6.26 Å². The number of aromatic nitrogens is 1. The molecule has 0 aliphatic rings. The Bertz CT molecular complexity index is 1370. The van der Waals surface area contributed by atoms with Crippen molar-refractivity contribution in [3.63, 3.8) is 0 Å². The SMILES string of the molecule is CCC[C@H](NC(=O)C(CS(=O)(=O)Cc1ccccc1)NS(C)(=O)=O)C(=O)c1nc2ccccc2o1. The van der Waals surface area contributed by atoms with E-state index in [2.05, 4.69) is 15.0 Å². The molecular formula is C23H27N3O7S2. The first-order valence-corrected chi connectivity index (χ1v) is 14.6. The minimum Gasteiger partial charge on any atom is -0.434 e. The van der Waals surface area contributed by atoms with Gasteiger partial charge in [0.2, 0.25) is 21.7 Å². The maximum Gasteiger partial charge on any atom is 0.266 e. The van der Waals surface area contributed by atoms with Crippen molar-refractivity contribution in [2.24, 2.45) is 0 Å². The molecule has 1 unspecified atom stereocenters. The Morgan fingerprint density at radius 1 is 0.971 bits per heavy atom. The molecule has 2 N–H and O–H groups in total. The number of sulfonamides is 1. The summed E-state index contributed by atoms with van der Waals surface area (Å²) in [5.74, 6) is -2.88. The molecule has 3 aromatic rings. The summed E-state index contributed by atoms with van der Waals surface area (Å²) in [4.78, 5) is 30.2. The number of carbonyl (C=O) groups is 2. The molecule has 0 aliphatic carbocycles. The number of hydrogen-bond donors (Lipinski definition) is 2. The van der Waals surface area contributed by atoms with Crippen LogP contribution in [0, 0.1) is 0 Å². The Labute approximate surface area is 204 Å². The highest BCUT2D eigenvalue weighted by molar-refractivity contribution is 7.91. The second kappa shape index (κ2) is 11.1. The van der Waals surface area contributed by atoms with Crippen LogP contribution in [0.15, 0.2) is 59.0 Å². The largest absolute Gasteiger partial charge is 0.434 e. The molecule has 12 heteroatoms. The zero-order valence-electron chi connectivity index (χ0n) is 19.3. The van der Waals surface area contributed by atoms with Crippen molar-refractivity contribution in [3.8, 4) is 0 Å². The van der Waals surface area contributed by atoms with Crippen molar-refractivity contribution in [2.75, 3.05) is 12.0 Å². The normalized spacial score (nSPS) is 13.9. The van der Waals surface area contributed by atoms with E-state index in [-0.39, 0.29) is 18.1 Å². The Kier molecular flexibility index (Phi) is 8.41. The van der Waals surface area contributed by atoms with Crippen LogP contribution in [-0.2, 0) is 30.4 Å². The second-order valence-electron chi connectivity index (χ2n) is 8.18. The van der Waals surface area contributed by atoms with Crippen molar-refractivity contribution in [1.82, 2.24) is 15.0 Å². The fraction of sp³-hybridized carbons (Fsp3) is 0.348. The Morgan fingerprint density at radius 3 is 2.26 bits per heavy atom. The molecule has 3 rings (SSSR count). The maximum atomic E-state index is 13.0. The van der Waals surface area contributed by atoms with Gasteiger partial charge in [0.1, 0.15) is 11.6 Å². The summed E-state index contributed by atoms with van der Waals surface area (Å²) in [6, 6.07) is 12.4. The average molecular weight is 522 g/mol. The van der Waals surface area contributed by atoms with Crippen molar-refractivity contribution in [2.45, 2.75) is 37.6 Å². The summed E-state index contributed by atoms with van der Waals surface area (Å²) in [5, 5.41) is 2.49. The first-order chi connectivity index (χ1) is 16.5. The van der Waals surface area contributed by atoms with Gasteiger partial charge in [-0.15, -0.1) is 0 Å². The minimum atomic E-state index is -3.94. The van der Waals surface area contributed by atoms with E-state index in [0.29, 0.717) is 23.1 Å². The number of nitrogens with one attached hydrogen (secondary N) is 2. The molecule has 1 aromatic heterocycles. The molecule has 0 saturated heterocycles. The van der Waals surface area contributed by atoms with E-state index in [4.69, 9.17) is 4.42 Å². The summed E-state index contributed by atoms with van der Waals surface area (Å²) in [6.45, 7) is 1.80. The number of benzene rings is 2. The number of rotatable bonds is 12. The number of para-hydroxylation sites is 2. The fourth-order valence-electron chi connectivity index (χ4n) is 3.52. The van der Waals surface area contributed by atoms with Gasteiger partial charge in [-0.1, -0.05) is 55.8 Å². The molecule has 0 fully saturated rings. The number of sulfone groups is 1. The molecule has 188 valence electrons. The lowest BCUT2D eigenvalue weighted by atomic mass is 10.1. The molecule has 10 nitrogen and oxygen atoms in total. The van der Waals surface area contributed by atoms with Crippen LogP contribution < -0.4 is 10.0 Å². The van der Waals surface area contributed by atoms with E-state index < -0.39 is 49.4 Å². The molecule has 0 spiro atoms. The molecule has 0 aliphatic heterocycles. The fourth-order valence-corrected chi connectivity index (χ4v) is 5.89. The number of Topliss-reactive ketones (excluding diaryl/α,β-unsaturated/α-hetero) is 1. The molecule has 1 amide bonds. The summed E-state index contributed by atoms with van der Waals surface area (Å²) >= 11 is 0. The maximum absolute atomic E-state index is 13.0. The Hall–Kier alpha value is -3.09. The van der Waals surface area contributed by atoms with Gasteiger partial charge in [0.05, 0.1) is 23.8 Å². The van der Waals surface area contributed by atoms with Gasteiger partial charge < -0.3 is 9.73 Å². The van der Waals surface area contributed by atoms with Gasteiger partial charge in [-0.3, -0.25) is 9.59 Å². The van der Waals surface area contributed by atoms with Gasteiger partial charge in [-0.25, -0.2) is 26.5 Å². The highest BCUT2D eigenvalue weighted by Crippen LogP contribution is 2.17. The number of hydrogen-bond acceptors (Lipinski definition) is 8. The summed E-state index contributed by atoms with van der Waals surface area (Å²) < 4.78 is 56.9. The van der Waals surface area contributed by atoms with Crippen molar-refractivity contribution < 1.29 is 30.8 Å². The number of oxazole rings is 1. The van der Waals surface area contributed by atoms with Crippen molar-refractivity contribution >= 4 is 42.7 Å². The molecule has 2 atom stereocenters. The van der Waals surface area contributed by atoms with Crippen LogP contribution in [0.3, 0.4) is 0 Å². The molecule has 0 radical (unpaired) electrons. The van der Waals surface area contributed by atoms with Crippen LogP contribution in [0.5, 0.6) is 0 Å². The quantitative estimate of drug-likeness (QED) is 0.342. The molecule has 35 heavy (non-hydrogen) atoms. The number of ketones is 1. The van der Waals surface area contributed by atoms with Crippen LogP contribution in [0.4, 0.5) is 0 Å². The summed E-state index contributed by atoms with van der Waals surface area (Å²) in [6.07, 6.45) is 1.54. The van der Waals surface area contributed by atoms with Crippen LogP contribution >= 0.6 is 0 Å². The first kappa shape index (κ1) is 26.5. The molecule has 0 saturated carbocycles. The lowest BCUT2D eigenvalue weighted by molar-refractivity contribution is -0.122. The Balaban J connectivity index is 1.81. The topological polar surface area (TPSA) is 153 Å². The first-order valence-electron chi connectivity index (χ1n) is 10.9. The highest BCUT2D eigenvalue weighted by Gasteiger charge is 2.32. The number of fused-ring (bicyclic) bond motifs is 1. The molecule has 1 heterocycles. The molecule has 0 bridgehead atoms. The van der Waals surface area contributed by atoms with Crippen LogP contribution in [0.2, 0.25) is 0 Å². The highest BCUT2D eigenvalue weighted by atomic mass is 32.2. The standard InChI is InChI=1S/C23H27N3O7S2/c1-3-9-18(21(27)23-25-17-12-7-8-13-20(17)33-23)24-22(28)19(26-34(2,29)30)15-35(31,32)14-16-10-5-4-6-11-16/h4-8,10-13,18-19,26H,3,9,14-15H2,1-2H3,(H,24,28)/t18-,19?/m0/s1. The Morgan fingerprint density at radius 2 is 1.63 bits per heavy atom. The number of amides is 1. The van der Waals surface area contributed by atoms with E-state index in [1.165, 1.54) is 0 Å². The zero-order valence-corrected chi connectivity index (χ0v) is 20.9. The van der Waals surface area contributed by atoms with E-state index >= 15 is 0 Å². The lowest BCUT2D eigenvalue weighted by Crippen LogP contribution is -2.54. The average Bonchev–Trinajstić information content (AvgIpc) is 3.21. The minimum absolute atomic E-state index is 0.200. The van der Waals surface area contributed by atoms with Gasteiger partial charge in [0, 0.05) is 0 Å². The predicted octanol–water partition coefficient (Wildman–Crippen LogP) is 1.83. The third-order valence-electron chi connectivity index (χ3n) is 5.04. The van der Waals surface area contributed by atoms with E-state index in [1.807, 2.05) is 0 Å². The number of carbonyl (C=O) groups excluding carboxylic acids is 2. The monoisotopic (exact) mass is 521 g/mol. The van der Waals surface area contributed by atoms with E-state index in [9.17, 15) is 26.4 Å². The molecule has 2 aromatic carbocycles. The van der Waals surface area contributed by atoms with Gasteiger partial charge in [-0.2, -0.15) is 0 Å². The van der Waals surface area contributed by atoms with Crippen LogP contribution in [0.25, 0.3) is 11.1 Å². The van der Waals surface area contributed by atoms with E-state index in [1.54, 1.807) is 61.5 Å². The van der Waals surface area contributed by atoms with Crippen LogP contribution in [0.1, 0.15) is 36.0 Å². The third kappa shape index (κ3) is 7.70. The number of nitrogens with zero attached hydrogens (tertiary/aromatic N) is 1. The molecular weight excluding hydrogens is 494 g/mol. The zero-order chi connectivity index (χ0) is 25.6.